The highest BCUT2D eigenvalue weighted by atomic mass is 79.9. The molecule has 0 saturated carbocycles. The number of benzene rings is 2. The Morgan fingerprint density at radius 1 is 1.11 bits per heavy atom. The third kappa shape index (κ3) is 3.39. The summed E-state index contributed by atoms with van der Waals surface area (Å²) in [6.07, 6.45) is 0.464. The number of halogens is 3. The van der Waals surface area contributed by atoms with Crippen LogP contribution in [0.5, 0.6) is 0 Å². The summed E-state index contributed by atoms with van der Waals surface area (Å²) in [5.41, 5.74) is 8.59. The first-order chi connectivity index (χ1) is 8.97. The number of nitrogens with two attached hydrogens (primary N) is 1. The van der Waals surface area contributed by atoms with Gasteiger partial charge in [-0.3, -0.25) is 0 Å². The van der Waals surface area contributed by atoms with Gasteiger partial charge in [-0.05, 0) is 60.4 Å². The highest BCUT2D eigenvalue weighted by Crippen LogP contribution is 2.26. The van der Waals surface area contributed by atoms with Crippen molar-refractivity contribution in [3.63, 3.8) is 0 Å². The second kappa shape index (κ2) is 5.80. The maximum Gasteiger partial charge on any atom is 0.123 e. The van der Waals surface area contributed by atoms with E-state index in [2.05, 4.69) is 15.9 Å². The standard InChI is InChI=1S/C15H14BrF2N/c1-9-2-3-11(17)6-10(9)7-15(19)13-8-12(18)4-5-14(13)16/h2-6,8,15H,7,19H2,1H3. The van der Waals surface area contributed by atoms with E-state index in [1.54, 1.807) is 12.1 Å². The molecule has 0 aliphatic rings. The van der Waals surface area contributed by atoms with Crippen LogP contribution in [0, 0.1) is 18.6 Å². The van der Waals surface area contributed by atoms with E-state index in [1.165, 1.54) is 24.3 Å². The molecule has 100 valence electrons. The number of aryl methyl sites for hydroxylation is 1. The maximum atomic E-state index is 13.3. The molecule has 0 amide bonds. The zero-order valence-electron chi connectivity index (χ0n) is 10.5. The van der Waals surface area contributed by atoms with Crippen LogP contribution in [0.1, 0.15) is 22.7 Å². The Labute approximate surface area is 119 Å². The zero-order valence-corrected chi connectivity index (χ0v) is 12.0. The van der Waals surface area contributed by atoms with Crippen LogP contribution < -0.4 is 5.73 Å². The van der Waals surface area contributed by atoms with Crippen LogP contribution >= 0.6 is 15.9 Å². The predicted molar refractivity (Wildman–Crippen MR) is 75.9 cm³/mol. The molecule has 2 aromatic carbocycles. The van der Waals surface area contributed by atoms with E-state index in [0.717, 1.165) is 15.6 Å². The van der Waals surface area contributed by atoms with Crippen LogP contribution in [0.3, 0.4) is 0 Å². The first kappa shape index (κ1) is 14.2. The summed E-state index contributed by atoms with van der Waals surface area (Å²) >= 11 is 3.36. The van der Waals surface area contributed by atoms with Crippen molar-refractivity contribution in [3.05, 3.63) is 69.2 Å². The molecule has 0 radical (unpaired) electrons. The third-order valence-corrected chi connectivity index (χ3v) is 3.83. The number of hydrogen-bond donors (Lipinski definition) is 1. The summed E-state index contributed by atoms with van der Waals surface area (Å²) in [6.45, 7) is 1.90. The Bertz CT molecular complexity index is 599. The molecule has 0 aliphatic carbocycles. The molecule has 19 heavy (non-hydrogen) atoms. The zero-order chi connectivity index (χ0) is 14.0. The maximum absolute atomic E-state index is 13.3. The van der Waals surface area contributed by atoms with Gasteiger partial charge in [-0.1, -0.05) is 22.0 Å². The van der Waals surface area contributed by atoms with Crippen LogP contribution in [-0.2, 0) is 6.42 Å². The molecule has 0 aromatic heterocycles. The van der Waals surface area contributed by atoms with Crippen molar-refractivity contribution in [1.29, 1.82) is 0 Å². The molecule has 0 fully saturated rings. The summed E-state index contributed by atoms with van der Waals surface area (Å²) in [5.74, 6) is -0.615. The third-order valence-electron chi connectivity index (χ3n) is 3.11. The van der Waals surface area contributed by atoms with Gasteiger partial charge in [0, 0.05) is 10.5 Å². The van der Waals surface area contributed by atoms with Gasteiger partial charge in [-0.15, -0.1) is 0 Å². The molecule has 0 heterocycles. The van der Waals surface area contributed by atoms with Crippen molar-refractivity contribution in [3.8, 4) is 0 Å². The Balaban J connectivity index is 2.27. The second-order valence-electron chi connectivity index (χ2n) is 4.55. The summed E-state index contributed by atoms with van der Waals surface area (Å²) < 4.78 is 27.2. The molecule has 0 aliphatic heterocycles. The van der Waals surface area contributed by atoms with Crippen molar-refractivity contribution in [2.75, 3.05) is 0 Å². The van der Waals surface area contributed by atoms with Gasteiger partial charge in [-0.25, -0.2) is 8.78 Å². The molecule has 1 nitrogen and oxygen atoms in total. The van der Waals surface area contributed by atoms with Crippen molar-refractivity contribution in [2.45, 2.75) is 19.4 Å². The quantitative estimate of drug-likeness (QED) is 0.895. The largest absolute Gasteiger partial charge is 0.324 e. The highest BCUT2D eigenvalue weighted by molar-refractivity contribution is 9.10. The fourth-order valence-corrected chi connectivity index (χ4v) is 2.55. The van der Waals surface area contributed by atoms with Gasteiger partial charge < -0.3 is 5.73 Å². The lowest BCUT2D eigenvalue weighted by Gasteiger charge is -2.15. The SMILES string of the molecule is Cc1ccc(F)cc1CC(N)c1cc(F)ccc1Br. The van der Waals surface area contributed by atoms with Crippen molar-refractivity contribution >= 4 is 15.9 Å². The van der Waals surface area contributed by atoms with Crippen LogP contribution in [0.15, 0.2) is 40.9 Å². The fraction of sp³-hybridized carbons (Fsp3) is 0.200. The number of hydrogen-bond acceptors (Lipinski definition) is 1. The van der Waals surface area contributed by atoms with Gasteiger partial charge >= 0.3 is 0 Å². The summed E-state index contributed by atoms with van der Waals surface area (Å²) in [7, 11) is 0. The van der Waals surface area contributed by atoms with E-state index >= 15 is 0 Å². The van der Waals surface area contributed by atoms with E-state index in [1.807, 2.05) is 6.92 Å². The van der Waals surface area contributed by atoms with Crippen molar-refractivity contribution < 1.29 is 8.78 Å². The molecular formula is C15H14BrF2N. The van der Waals surface area contributed by atoms with Crippen LogP contribution in [0.25, 0.3) is 0 Å². The van der Waals surface area contributed by atoms with Gasteiger partial charge in [0.15, 0.2) is 0 Å². The smallest absolute Gasteiger partial charge is 0.123 e. The van der Waals surface area contributed by atoms with E-state index in [0.29, 0.717) is 12.0 Å². The fourth-order valence-electron chi connectivity index (χ4n) is 2.01. The topological polar surface area (TPSA) is 26.0 Å². The van der Waals surface area contributed by atoms with Crippen molar-refractivity contribution in [2.24, 2.45) is 5.73 Å². The lowest BCUT2D eigenvalue weighted by Crippen LogP contribution is -2.15. The minimum Gasteiger partial charge on any atom is -0.324 e. The molecule has 2 aromatic rings. The lowest BCUT2D eigenvalue weighted by molar-refractivity contribution is 0.612. The Morgan fingerprint density at radius 2 is 1.74 bits per heavy atom. The molecule has 1 atom stereocenters. The highest BCUT2D eigenvalue weighted by Gasteiger charge is 2.13. The molecule has 0 bridgehead atoms. The Kier molecular flexibility index (Phi) is 4.32. The molecule has 0 spiro atoms. The molecule has 0 saturated heterocycles. The van der Waals surface area contributed by atoms with Gasteiger partial charge in [0.2, 0.25) is 0 Å². The van der Waals surface area contributed by atoms with E-state index in [-0.39, 0.29) is 17.7 Å². The minimum absolute atomic E-state index is 0.286. The van der Waals surface area contributed by atoms with Crippen LogP contribution in [-0.4, -0.2) is 0 Å². The molecule has 2 N–H and O–H groups in total. The first-order valence-electron chi connectivity index (χ1n) is 5.93. The van der Waals surface area contributed by atoms with Gasteiger partial charge in [0.05, 0.1) is 0 Å². The van der Waals surface area contributed by atoms with Gasteiger partial charge in [-0.2, -0.15) is 0 Å². The Hall–Kier alpha value is -1.26. The number of rotatable bonds is 3. The van der Waals surface area contributed by atoms with E-state index < -0.39 is 0 Å². The average Bonchev–Trinajstić information content (AvgIpc) is 2.36. The summed E-state index contributed by atoms with van der Waals surface area (Å²) in [6, 6.07) is 8.63. The van der Waals surface area contributed by atoms with Gasteiger partial charge in [0.25, 0.3) is 0 Å². The average molecular weight is 326 g/mol. The van der Waals surface area contributed by atoms with E-state index in [4.69, 9.17) is 5.73 Å². The van der Waals surface area contributed by atoms with Gasteiger partial charge in [0.1, 0.15) is 11.6 Å². The predicted octanol–water partition coefficient (Wildman–Crippen LogP) is 4.28. The second-order valence-corrected chi connectivity index (χ2v) is 5.40. The van der Waals surface area contributed by atoms with Crippen LogP contribution in [0.4, 0.5) is 8.78 Å². The summed E-state index contributed by atoms with van der Waals surface area (Å²) in [5, 5.41) is 0. The normalized spacial score (nSPS) is 12.5. The lowest BCUT2D eigenvalue weighted by atomic mass is 9.96. The molecule has 1 unspecified atom stereocenters. The minimum atomic E-state index is -0.384. The van der Waals surface area contributed by atoms with Crippen LogP contribution in [0.2, 0.25) is 0 Å². The molecule has 4 heteroatoms. The van der Waals surface area contributed by atoms with E-state index in [9.17, 15) is 8.78 Å². The summed E-state index contributed by atoms with van der Waals surface area (Å²) in [4.78, 5) is 0. The monoisotopic (exact) mass is 325 g/mol. The van der Waals surface area contributed by atoms with Crippen molar-refractivity contribution in [1.82, 2.24) is 0 Å². The molecule has 2 rings (SSSR count). The first-order valence-corrected chi connectivity index (χ1v) is 6.72. The Morgan fingerprint density at radius 3 is 2.47 bits per heavy atom. The molecular weight excluding hydrogens is 312 g/mol.